The minimum Gasteiger partial charge on any atom is -0.465 e. The van der Waals surface area contributed by atoms with Crippen molar-refractivity contribution < 1.29 is 22.7 Å². The minimum atomic E-state index is -3.89. The van der Waals surface area contributed by atoms with Crippen LogP contribution in [0.3, 0.4) is 0 Å². The van der Waals surface area contributed by atoms with Crippen molar-refractivity contribution in [1.82, 2.24) is 4.90 Å². The highest BCUT2D eigenvalue weighted by Gasteiger charge is 2.22. The number of carbonyl (C=O) groups is 1. The Labute approximate surface area is 148 Å². The molecule has 8 nitrogen and oxygen atoms in total. The predicted octanol–water partition coefficient (Wildman–Crippen LogP) is 0.642. The number of morpholine rings is 1. The maximum Gasteiger partial charge on any atom is 0.340 e. The van der Waals surface area contributed by atoms with Crippen LogP contribution in [0, 0.1) is 0 Å². The Kier molecular flexibility index (Phi) is 6.39. The van der Waals surface area contributed by atoms with E-state index in [9.17, 15) is 13.2 Å². The van der Waals surface area contributed by atoms with Crippen molar-refractivity contribution >= 4 is 21.7 Å². The fourth-order valence-corrected chi connectivity index (χ4v) is 3.49. The standard InChI is InChI=1S/C16H25N3O5S/c1-11-9-19(10-12(2)24-11)7-6-18-15-5-4-13(25(17,21)22)8-14(15)16(20)23-3/h4-5,8,11-12,18H,6-7,9-10H2,1-3H3,(H2,17,21,22). The fraction of sp³-hybridized carbons (Fsp3) is 0.562. The van der Waals surface area contributed by atoms with E-state index in [4.69, 9.17) is 14.6 Å². The van der Waals surface area contributed by atoms with Gasteiger partial charge in [0.05, 0.1) is 29.8 Å². The van der Waals surface area contributed by atoms with Crippen molar-refractivity contribution in [2.45, 2.75) is 31.0 Å². The van der Waals surface area contributed by atoms with E-state index in [2.05, 4.69) is 10.2 Å². The first kappa shape index (κ1) is 19.6. The highest BCUT2D eigenvalue weighted by Crippen LogP contribution is 2.21. The summed E-state index contributed by atoms with van der Waals surface area (Å²) in [4.78, 5) is 14.1. The van der Waals surface area contributed by atoms with Crippen LogP contribution in [0.15, 0.2) is 23.1 Å². The third kappa shape index (κ3) is 5.40. The SMILES string of the molecule is COC(=O)c1cc(S(N)(=O)=O)ccc1NCCN1CC(C)OC(C)C1. The Morgan fingerprint density at radius 2 is 2.00 bits per heavy atom. The van der Waals surface area contributed by atoms with Crippen molar-refractivity contribution in [3.63, 3.8) is 0 Å². The zero-order chi connectivity index (χ0) is 18.6. The van der Waals surface area contributed by atoms with Crippen LogP contribution in [-0.2, 0) is 19.5 Å². The molecule has 1 aromatic carbocycles. The van der Waals surface area contributed by atoms with E-state index >= 15 is 0 Å². The Balaban J connectivity index is 2.07. The second-order valence-electron chi connectivity index (χ2n) is 6.19. The second-order valence-corrected chi connectivity index (χ2v) is 7.75. The normalized spacial score (nSPS) is 21.8. The quantitative estimate of drug-likeness (QED) is 0.706. The molecule has 3 N–H and O–H groups in total. The number of nitrogens with zero attached hydrogens (tertiary/aromatic N) is 1. The molecule has 0 spiro atoms. The molecule has 1 aliphatic heterocycles. The molecule has 0 radical (unpaired) electrons. The Morgan fingerprint density at radius 3 is 2.56 bits per heavy atom. The van der Waals surface area contributed by atoms with E-state index in [1.54, 1.807) is 0 Å². The molecular weight excluding hydrogens is 346 g/mol. The number of methoxy groups -OCH3 is 1. The topological polar surface area (TPSA) is 111 Å². The van der Waals surface area contributed by atoms with E-state index in [0.29, 0.717) is 12.2 Å². The average molecular weight is 371 g/mol. The van der Waals surface area contributed by atoms with E-state index in [1.165, 1.54) is 25.3 Å². The molecule has 9 heteroatoms. The number of esters is 1. The third-order valence-electron chi connectivity index (χ3n) is 3.96. The number of sulfonamides is 1. The van der Waals surface area contributed by atoms with Crippen molar-refractivity contribution in [2.24, 2.45) is 5.14 Å². The molecule has 0 bridgehead atoms. The van der Waals surface area contributed by atoms with Crippen molar-refractivity contribution in [2.75, 3.05) is 38.6 Å². The van der Waals surface area contributed by atoms with Gasteiger partial charge in [-0.15, -0.1) is 0 Å². The molecule has 2 atom stereocenters. The number of ether oxygens (including phenoxy) is 2. The zero-order valence-electron chi connectivity index (χ0n) is 14.7. The summed E-state index contributed by atoms with van der Waals surface area (Å²) in [6.45, 7) is 7.14. The maximum absolute atomic E-state index is 11.9. The largest absolute Gasteiger partial charge is 0.465 e. The molecule has 0 aromatic heterocycles. The lowest BCUT2D eigenvalue weighted by Gasteiger charge is -2.35. The first-order valence-corrected chi connectivity index (χ1v) is 9.62. The van der Waals surface area contributed by atoms with E-state index in [-0.39, 0.29) is 22.7 Å². The number of primary sulfonamides is 1. The van der Waals surface area contributed by atoms with Crippen LogP contribution in [-0.4, -0.2) is 64.8 Å². The van der Waals surface area contributed by atoms with Crippen molar-refractivity contribution in [3.05, 3.63) is 23.8 Å². The van der Waals surface area contributed by atoms with Crippen LogP contribution in [0.5, 0.6) is 0 Å². The average Bonchev–Trinajstić information content (AvgIpc) is 2.52. The molecule has 0 saturated carbocycles. The van der Waals surface area contributed by atoms with Gasteiger partial charge in [0.2, 0.25) is 10.0 Å². The maximum atomic E-state index is 11.9. The lowest BCUT2D eigenvalue weighted by Crippen LogP contribution is -2.46. The summed E-state index contributed by atoms with van der Waals surface area (Å²) in [5, 5.41) is 8.29. The zero-order valence-corrected chi connectivity index (χ0v) is 15.5. The third-order valence-corrected chi connectivity index (χ3v) is 4.87. The highest BCUT2D eigenvalue weighted by atomic mass is 32.2. The smallest absolute Gasteiger partial charge is 0.340 e. The number of carbonyl (C=O) groups excluding carboxylic acids is 1. The molecule has 1 saturated heterocycles. The van der Waals surface area contributed by atoms with E-state index in [0.717, 1.165) is 19.6 Å². The van der Waals surface area contributed by atoms with Gasteiger partial charge in [0.15, 0.2) is 0 Å². The highest BCUT2D eigenvalue weighted by molar-refractivity contribution is 7.89. The van der Waals surface area contributed by atoms with Gasteiger partial charge >= 0.3 is 5.97 Å². The van der Waals surface area contributed by atoms with Gasteiger partial charge in [0, 0.05) is 31.9 Å². The lowest BCUT2D eigenvalue weighted by molar-refractivity contribution is -0.0667. The fourth-order valence-electron chi connectivity index (χ4n) is 2.95. The number of hydrogen-bond acceptors (Lipinski definition) is 7. The number of rotatable bonds is 6. The van der Waals surface area contributed by atoms with Gasteiger partial charge in [-0.1, -0.05) is 0 Å². The molecule has 1 fully saturated rings. The van der Waals surface area contributed by atoms with Crippen molar-refractivity contribution in [1.29, 1.82) is 0 Å². The summed E-state index contributed by atoms with van der Waals surface area (Å²) >= 11 is 0. The van der Waals surface area contributed by atoms with Gasteiger partial charge in [0.25, 0.3) is 0 Å². The summed E-state index contributed by atoms with van der Waals surface area (Å²) in [5.74, 6) is -0.624. The van der Waals surface area contributed by atoms with Crippen molar-refractivity contribution in [3.8, 4) is 0 Å². The number of nitrogens with two attached hydrogens (primary N) is 1. The second kappa shape index (κ2) is 8.13. The molecule has 1 aliphatic rings. The Hall–Kier alpha value is -1.68. The number of benzene rings is 1. The van der Waals surface area contributed by atoms with E-state index < -0.39 is 16.0 Å². The predicted molar refractivity (Wildman–Crippen MR) is 94.1 cm³/mol. The lowest BCUT2D eigenvalue weighted by atomic mass is 10.1. The summed E-state index contributed by atoms with van der Waals surface area (Å²) in [7, 11) is -2.65. The summed E-state index contributed by atoms with van der Waals surface area (Å²) in [6, 6.07) is 4.11. The summed E-state index contributed by atoms with van der Waals surface area (Å²) in [6.07, 6.45) is 0.367. The van der Waals surface area contributed by atoms with Gasteiger partial charge in [-0.05, 0) is 32.0 Å². The van der Waals surface area contributed by atoms with Gasteiger partial charge in [-0.3, -0.25) is 4.90 Å². The number of hydrogen-bond donors (Lipinski definition) is 2. The molecule has 1 aromatic rings. The van der Waals surface area contributed by atoms with E-state index in [1.807, 2.05) is 13.8 Å². The van der Waals surface area contributed by atoms with Crippen LogP contribution in [0.2, 0.25) is 0 Å². The molecule has 0 amide bonds. The Morgan fingerprint density at radius 1 is 1.36 bits per heavy atom. The van der Waals surface area contributed by atoms with Gasteiger partial charge < -0.3 is 14.8 Å². The van der Waals surface area contributed by atoms with Crippen LogP contribution in [0.4, 0.5) is 5.69 Å². The van der Waals surface area contributed by atoms with Crippen LogP contribution >= 0.6 is 0 Å². The van der Waals surface area contributed by atoms with Crippen LogP contribution in [0.1, 0.15) is 24.2 Å². The molecule has 1 heterocycles. The molecule has 2 rings (SSSR count). The molecule has 2 unspecified atom stereocenters. The molecule has 140 valence electrons. The van der Waals surface area contributed by atoms with Crippen LogP contribution < -0.4 is 10.5 Å². The monoisotopic (exact) mass is 371 g/mol. The van der Waals surface area contributed by atoms with Crippen LogP contribution in [0.25, 0.3) is 0 Å². The Bertz CT molecular complexity index is 712. The minimum absolute atomic E-state index is 0.130. The van der Waals surface area contributed by atoms with Gasteiger partial charge in [-0.25, -0.2) is 18.4 Å². The number of nitrogens with one attached hydrogen (secondary N) is 1. The molecule has 0 aliphatic carbocycles. The first-order valence-electron chi connectivity index (χ1n) is 8.07. The summed E-state index contributed by atoms with van der Waals surface area (Å²) in [5.41, 5.74) is 0.645. The number of anilines is 1. The summed E-state index contributed by atoms with van der Waals surface area (Å²) < 4.78 is 33.4. The van der Waals surface area contributed by atoms with Gasteiger partial charge in [0.1, 0.15) is 0 Å². The molecular formula is C16H25N3O5S. The van der Waals surface area contributed by atoms with Gasteiger partial charge in [-0.2, -0.15) is 0 Å². The molecule has 25 heavy (non-hydrogen) atoms. The first-order chi connectivity index (χ1) is 11.7.